The number of nitriles is 1. The number of aryl methyl sites for hydroxylation is 2. The van der Waals surface area contributed by atoms with Crippen LogP contribution < -0.4 is 5.32 Å². The standard InChI is InChI=1S/C16H19N5O2/c1-10-6-11(2)19-15(13(10)7-17)18-8-14-20-21-16(23-14)12-4-3-5-22-9-12/h6,12H,3-5,8-9H2,1-2H3,(H,18,19). The van der Waals surface area contributed by atoms with Crippen LogP contribution in [0.1, 0.15) is 47.4 Å². The minimum atomic E-state index is 0.180. The molecule has 1 aliphatic heterocycles. The molecule has 23 heavy (non-hydrogen) atoms. The van der Waals surface area contributed by atoms with Crippen molar-refractivity contribution in [1.29, 1.82) is 5.26 Å². The highest BCUT2D eigenvalue weighted by Crippen LogP contribution is 2.24. The molecule has 1 unspecified atom stereocenters. The van der Waals surface area contributed by atoms with E-state index in [0.29, 0.717) is 36.3 Å². The Kier molecular flexibility index (Phi) is 4.53. The Morgan fingerprint density at radius 1 is 1.39 bits per heavy atom. The second-order valence-electron chi connectivity index (χ2n) is 5.72. The average molecular weight is 313 g/mol. The Morgan fingerprint density at radius 3 is 3.00 bits per heavy atom. The number of ether oxygens (including phenoxy) is 1. The molecule has 2 aromatic heterocycles. The molecule has 1 fully saturated rings. The Labute approximate surface area is 134 Å². The van der Waals surface area contributed by atoms with Gasteiger partial charge >= 0.3 is 0 Å². The van der Waals surface area contributed by atoms with Crippen LogP contribution in [0.25, 0.3) is 0 Å². The third-order valence-corrected chi connectivity index (χ3v) is 3.86. The first-order valence-corrected chi connectivity index (χ1v) is 7.69. The maximum Gasteiger partial charge on any atom is 0.235 e. The third-order valence-electron chi connectivity index (χ3n) is 3.86. The van der Waals surface area contributed by atoms with E-state index in [4.69, 9.17) is 9.15 Å². The molecule has 3 heterocycles. The van der Waals surface area contributed by atoms with Crippen LogP contribution in [-0.2, 0) is 11.3 Å². The molecule has 1 aliphatic rings. The Bertz CT molecular complexity index is 729. The zero-order valence-electron chi connectivity index (χ0n) is 13.3. The Morgan fingerprint density at radius 2 is 2.26 bits per heavy atom. The lowest BCUT2D eigenvalue weighted by atomic mass is 10.0. The maximum absolute atomic E-state index is 9.27. The molecular formula is C16H19N5O2. The van der Waals surface area contributed by atoms with Crippen molar-refractivity contribution in [3.05, 3.63) is 34.7 Å². The van der Waals surface area contributed by atoms with Crippen molar-refractivity contribution in [2.24, 2.45) is 0 Å². The summed E-state index contributed by atoms with van der Waals surface area (Å²) in [6, 6.07) is 4.06. The fourth-order valence-corrected chi connectivity index (χ4v) is 2.70. The summed E-state index contributed by atoms with van der Waals surface area (Å²) in [4.78, 5) is 4.37. The van der Waals surface area contributed by atoms with Gasteiger partial charge in [0.25, 0.3) is 0 Å². The Hall–Kier alpha value is -2.46. The SMILES string of the molecule is Cc1cc(C)c(C#N)c(NCc2nnc(C3CCCOC3)o2)n1. The molecule has 7 nitrogen and oxygen atoms in total. The molecule has 2 aromatic rings. The molecule has 1 saturated heterocycles. The van der Waals surface area contributed by atoms with Crippen LogP contribution in [0.5, 0.6) is 0 Å². The topological polar surface area (TPSA) is 96.9 Å². The van der Waals surface area contributed by atoms with Gasteiger partial charge in [-0.1, -0.05) is 0 Å². The molecule has 0 aliphatic carbocycles. The number of nitrogens with zero attached hydrogens (tertiary/aromatic N) is 4. The van der Waals surface area contributed by atoms with Gasteiger partial charge in [0.1, 0.15) is 11.9 Å². The summed E-state index contributed by atoms with van der Waals surface area (Å²) < 4.78 is 11.1. The van der Waals surface area contributed by atoms with E-state index < -0.39 is 0 Å². The predicted molar refractivity (Wildman–Crippen MR) is 82.8 cm³/mol. The van der Waals surface area contributed by atoms with E-state index in [1.54, 1.807) is 0 Å². The normalized spacial score (nSPS) is 17.7. The van der Waals surface area contributed by atoms with E-state index in [2.05, 4.69) is 26.6 Å². The third kappa shape index (κ3) is 3.48. The molecule has 0 amide bonds. The highest BCUT2D eigenvalue weighted by atomic mass is 16.5. The van der Waals surface area contributed by atoms with Crippen molar-refractivity contribution in [2.45, 2.75) is 39.2 Å². The number of nitrogens with one attached hydrogen (secondary N) is 1. The van der Waals surface area contributed by atoms with Gasteiger partial charge in [-0.15, -0.1) is 10.2 Å². The van der Waals surface area contributed by atoms with Gasteiger partial charge < -0.3 is 14.5 Å². The molecule has 7 heteroatoms. The van der Waals surface area contributed by atoms with Gasteiger partial charge in [-0.2, -0.15) is 5.26 Å². The minimum absolute atomic E-state index is 0.180. The van der Waals surface area contributed by atoms with Crippen molar-refractivity contribution in [3.63, 3.8) is 0 Å². The lowest BCUT2D eigenvalue weighted by Gasteiger charge is -2.18. The number of aromatic nitrogens is 3. The molecule has 1 N–H and O–H groups in total. The molecule has 0 spiro atoms. The summed E-state index contributed by atoms with van der Waals surface area (Å²) in [5.41, 5.74) is 2.29. The van der Waals surface area contributed by atoms with Gasteiger partial charge in [0.15, 0.2) is 0 Å². The van der Waals surface area contributed by atoms with Gasteiger partial charge in [-0.05, 0) is 38.3 Å². The smallest absolute Gasteiger partial charge is 0.235 e. The number of pyridine rings is 1. The lowest BCUT2D eigenvalue weighted by Crippen LogP contribution is -2.15. The van der Waals surface area contributed by atoms with Crippen LogP contribution in [0.4, 0.5) is 5.82 Å². The van der Waals surface area contributed by atoms with Gasteiger partial charge in [-0.3, -0.25) is 0 Å². The van der Waals surface area contributed by atoms with Crippen LogP contribution in [0.2, 0.25) is 0 Å². The number of hydrogen-bond acceptors (Lipinski definition) is 7. The van der Waals surface area contributed by atoms with Crippen LogP contribution in [0.3, 0.4) is 0 Å². The van der Waals surface area contributed by atoms with Gasteiger partial charge in [0.2, 0.25) is 11.8 Å². The molecule has 3 rings (SSSR count). The highest BCUT2D eigenvalue weighted by Gasteiger charge is 2.22. The Balaban J connectivity index is 1.69. The maximum atomic E-state index is 9.27. The number of hydrogen-bond donors (Lipinski definition) is 1. The van der Waals surface area contributed by atoms with E-state index >= 15 is 0 Å². The predicted octanol–water partition coefficient (Wildman–Crippen LogP) is 2.46. The summed E-state index contributed by atoms with van der Waals surface area (Å²) in [6.07, 6.45) is 2.02. The summed E-state index contributed by atoms with van der Waals surface area (Å²) in [5, 5.41) is 20.6. The highest BCUT2D eigenvalue weighted by molar-refractivity contribution is 5.56. The van der Waals surface area contributed by atoms with Crippen LogP contribution >= 0.6 is 0 Å². The molecule has 0 radical (unpaired) electrons. The second kappa shape index (κ2) is 6.75. The first-order valence-electron chi connectivity index (χ1n) is 7.69. The first kappa shape index (κ1) is 15.4. The van der Waals surface area contributed by atoms with E-state index in [-0.39, 0.29) is 5.92 Å². The second-order valence-corrected chi connectivity index (χ2v) is 5.72. The fourth-order valence-electron chi connectivity index (χ4n) is 2.70. The average Bonchev–Trinajstić information content (AvgIpc) is 3.02. The minimum Gasteiger partial charge on any atom is -0.423 e. The van der Waals surface area contributed by atoms with E-state index in [9.17, 15) is 5.26 Å². The van der Waals surface area contributed by atoms with Crippen LogP contribution in [0.15, 0.2) is 10.5 Å². The molecule has 0 saturated carbocycles. The van der Waals surface area contributed by atoms with E-state index in [1.165, 1.54) is 0 Å². The molecular weight excluding hydrogens is 294 g/mol. The van der Waals surface area contributed by atoms with Crippen molar-refractivity contribution in [1.82, 2.24) is 15.2 Å². The summed E-state index contributed by atoms with van der Waals surface area (Å²) in [7, 11) is 0. The van der Waals surface area contributed by atoms with Crippen molar-refractivity contribution in [3.8, 4) is 6.07 Å². The zero-order chi connectivity index (χ0) is 16.2. The van der Waals surface area contributed by atoms with Gasteiger partial charge in [0.05, 0.1) is 24.6 Å². The van der Waals surface area contributed by atoms with Gasteiger partial charge in [0, 0.05) is 12.3 Å². The molecule has 1 atom stereocenters. The van der Waals surface area contributed by atoms with Gasteiger partial charge in [-0.25, -0.2) is 4.98 Å². The van der Waals surface area contributed by atoms with E-state index in [1.807, 2.05) is 19.9 Å². The van der Waals surface area contributed by atoms with Crippen molar-refractivity contribution in [2.75, 3.05) is 18.5 Å². The lowest BCUT2D eigenvalue weighted by molar-refractivity contribution is 0.0722. The molecule has 0 bridgehead atoms. The summed E-state index contributed by atoms with van der Waals surface area (Å²) in [6.45, 7) is 5.56. The zero-order valence-corrected chi connectivity index (χ0v) is 13.3. The van der Waals surface area contributed by atoms with Crippen LogP contribution in [0, 0.1) is 25.2 Å². The number of rotatable bonds is 4. The molecule has 120 valence electrons. The summed E-state index contributed by atoms with van der Waals surface area (Å²) in [5.74, 6) is 1.83. The monoisotopic (exact) mass is 313 g/mol. The number of anilines is 1. The van der Waals surface area contributed by atoms with E-state index in [0.717, 1.165) is 30.7 Å². The first-order chi connectivity index (χ1) is 11.2. The quantitative estimate of drug-likeness (QED) is 0.926. The van der Waals surface area contributed by atoms with Crippen molar-refractivity contribution >= 4 is 5.82 Å². The fraction of sp³-hybridized carbons (Fsp3) is 0.500. The van der Waals surface area contributed by atoms with Crippen LogP contribution in [-0.4, -0.2) is 28.4 Å². The van der Waals surface area contributed by atoms with Crippen molar-refractivity contribution < 1.29 is 9.15 Å². The largest absolute Gasteiger partial charge is 0.423 e. The molecule has 0 aromatic carbocycles. The summed E-state index contributed by atoms with van der Waals surface area (Å²) >= 11 is 0.